The van der Waals surface area contributed by atoms with Gasteiger partial charge in [0.25, 0.3) is 5.91 Å². The lowest BCUT2D eigenvalue weighted by atomic mass is 9.97. The summed E-state index contributed by atoms with van der Waals surface area (Å²) in [5, 5.41) is 15.3. The summed E-state index contributed by atoms with van der Waals surface area (Å²) in [6.07, 6.45) is 0.981. The first-order chi connectivity index (χ1) is 8.08. The second kappa shape index (κ2) is 4.52. The number of aliphatic carboxylic acids is 1. The van der Waals surface area contributed by atoms with Crippen molar-refractivity contribution in [2.75, 3.05) is 13.1 Å². The first-order valence-electron chi connectivity index (χ1n) is 5.49. The number of aromatic amines is 1. The Morgan fingerprint density at radius 2 is 2.06 bits per heavy atom. The van der Waals surface area contributed by atoms with Crippen molar-refractivity contribution in [1.29, 1.82) is 0 Å². The minimum Gasteiger partial charge on any atom is -0.481 e. The van der Waals surface area contributed by atoms with Crippen LogP contribution in [0.1, 0.15) is 29.3 Å². The van der Waals surface area contributed by atoms with Crippen LogP contribution in [-0.4, -0.2) is 50.2 Å². The summed E-state index contributed by atoms with van der Waals surface area (Å²) >= 11 is 0. The monoisotopic (exact) mass is 238 g/mol. The van der Waals surface area contributed by atoms with E-state index >= 15 is 0 Å². The van der Waals surface area contributed by atoms with Crippen LogP contribution in [0.25, 0.3) is 0 Å². The fourth-order valence-electron chi connectivity index (χ4n) is 1.91. The van der Waals surface area contributed by atoms with Crippen molar-refractivity contribution < 1.29 is 14.7 Å². The van der Waals surface area contributed by atoms with Crippen LogP contribution in [0.4, 0.5) is 0 Å². The van der Waals surface area contributed by atoms with Gasteiger partial charge in [0, 0.05) is 13.1 Å². The van der Waals surface area contributed by atoms with Gasteiger partial charge < -0.3 is 10.0 Å². The van der Waals surface area contributed by atoms with Gasteiger partial charge in [-0.15, -0.1) is 5.10 Å². The van der Waals surface area contributed by atoms with E-state index in [-0.39, 0.29) is 17.6 Å². The van der Waals surface area contributed by atoms with E-state index in [9.17, 15) is 9.59 Å². The molecule has 0 unspecified atom stereocenters. The summed E-state index contributed by atoms with van der Waals surface area (Å²) in [6, 6.07) is 0. The third-order valence-electron chi connectivity index (χ3n) is 2.92. The van der Waals surface area contributed by atoms with E-state index < -0.39 is 5.97 Å². The molecule has 1 aromatic rings. The molecule has 2 rings (SSSR count). The summed E-state index contributed by atoms with van der Waals surface area (Å²) < 4.78 is 0. The largest absolute Gasteiger partial charge is 0.481 e. The van der Waals surface area contributed by atoms with Crippen molar-refractivity contribution in [3.05, 3.63) is 11.6 Å². The predicted octanol–water partition coefficient (Wildman–Crippen LogP) is 0.0499. The van der Waals surface area contributed by atoms with Gasteiger partial charge >= 0.3 is 5.97 Å². The van der Waals surface area contributed by atoms with Crippen LogP contribution in [0, 0.1) is 12.8 Å². The number of nitrogens with one attached hydrogen (secondary N) is 1. The zero-order valence-corrected chi connectivity index (χ0v) is 9.51. The van der Waals surface area contributed by atoms with Gasteiger partial charge in [0.1, 0.15) is 5.82 Å². The van der Waals surface area contributed by atoms with E-state index in [1.54, 1.807) is 11.8 Å². The first kappa shape index (κ1) is 11.6. The first-order valence-corrected chi connectivity index (χ1v) is 5.49. The minimum atomic E-state index is -0.786. The number of hydrogen-bond donors (Lipinski definition) is 2. The van der Waals surface area contributed by atoms with Crippen LogP contribution in [0.15, 0.2) is 0 Å². The molecule has 0 aromatic carbocycles. The van der Waals surface area contributed by atoms with E-state index in [1.165, 1.54) is 0 Å². The van der Waals surface area contributed by atoms with Gasteiger partial charge in [-0.3, -0.25) is 14.7 Å². The molecular formula is C10H14N4O3. The quantitative estimate of drug-likeness (QED) is 0.758. The molecule has 7 heteroatoms. The lowest BCUT2D eigenvalue weighted by Gasteiger charge is -2.29. The average Bonchev–Trinajstić information content (AvgIpc) is 2.75. The summed E-state index contributed by atoms with van der Waals surface area (Å²) in [5.74, 6) is -0.623. The van der Waals surface area contributed by atoms with Crippen molar-refractivity contribution in [3.63, 3.8) is 0 Å². The highest BCUT2D eigenvalue weighted by Gasteiger charge is 2.28. The topological polar surface area (TPSA) is 99.2 Å². The highest BCUT2D eigenvalue weighted by molar-refractivity contribution is 5.90. The second-order valence-electron chi connectivity index (χ2n) is 4.15. The van der Waals surface area contributed by atoms with Crippen molar-refractivity contribution in [2.45, 2.75) is 19.8 Å². The molecule has 1 aliphatic rings. The van der Waals surface area contributed by atoms with Gasteiger partial charge in [0.2, 0.25) is 5.82 Å². The molecule has 1 fully saturated rings. The molecule has 0 saturated carbocycles. The van der Waals surface area contributed by atoms with Crippen LogP contribution < -0.4 is 0 Å². The fourth-order valence-corrected chi connectivity index (χ4v) is 1.91. The molecule has 17 heavy (non-hydrogen) atoms. The van der Waals surface area contributed by atoms with Crippen LogP contribution in [0.2, 0.25) is 0 Å². The van der Waals surface area contributed by atoms with Gasteiger partial charge in [-0.05, 0) is 19.8 Å². The number of carbonyl (C=O) groups excluding carboxylic acids is 1. The number of nitrogens with zero attached hydrogens (tertiary/aromatic N) is 3. The van der Waals surface area contributed by atoms with Gasteiger partial charge in [0.05, 0.1) is 5.92 Å². The lowest BCUT2D eigenvalue weighted by Crippen LogP contribution is -2.40. The van der Waals surface area contributed by atoms with Crippen molar-refractivity contribution in [3.8, 4) is 0 Å². The Kier molecular flexibility index (Phi) is 3.08. The number of amides is 1. The SMILES string of the molecule is Cc1nc(C(=O)N2CCC(C(=O)O)CC2)n[nH]1. The molecule has 0 aliphatic carbocycles. The van der Waals surface area contributed by atoms with Gasteiger partial charge in [-0.2, -0.15) is 0 Å². The number of hydrogen-bond acceptors (Lipinski definition) is 4. The molecule has 0 atom stereocenters. The second-order valence-corrected chi connectivity index (χ2v) is 4.15. The minimum absolute atomic E-state index is 0.149. The third-order valence-corrected chi connectivity index (χ3v) is 2.92. The summed E-state index contributed by atoms with van der Waals surface area (Å²) in [7, 11) is 0. The van der Waals surface area contributed by atoms with E-state index in [0.717, 1.165) is 0 Å². The number of carboxylic acid groups (broad SMARTS) is 1. The van der Waals surface area contributed by atoms with Crippen LogP contribution in [0.5, 0.6) is 0 Å². The number of carboxylic acids is 1. The third kappa shape index (κ3) is 2.43. The Balaban J connectivity index is 1.97. The van der Waals surface area contributed by atoms with Gasteiger partial charge in [-0.1, -0.05) is 0 Å². The van der Waals surface area contributed by atoms with Crippen LogP contribution in [0.3, 0.4) is 0 Å². The molecule has 0 spiro atoms. The fraction of sp³-hybridized carbons (Fsp3) is 0.600. The number of aromatic nitrogens is 3. The molecule has 92 valence electrons. The smallest absolute Gasteiger partial charge is 0.306 e. The lowest BCUT2D eigenvalue weighted by molar-refractivity contribution is -0.143. The molecule has 0 radical (unpaired) electrons. The summed E-state index contributed by atoms with van der Waals surface area (Å²) in [5.41, 5.74) is 0. The molecule has 1 amide bonds. The highest BCUT2D eigenvalue weighted by Crippen LogP contribution is 2.18. The number of aryl methyl sites for hydroxylation is 1. The Labute approximate surface area is 97.8 Å². The number of rotatable bonds is 2. The molecular weight excluding hydrogens is 224 g/mol. The Bertz CT molecular complexity index is 435. The number of H-pyrrole nitrogens is 1. The van der Waals surface area contributed by atoms with E-state index in [1.807, 2.05) is 0 Å². The standard InChI is InChI=1S/C10H14N4O3/c1-6-11-8(13-12-6)9(15)14-4-2-7(3-5-14)10(16)17/h7H,2-5H2,1H3,(H,16,17)(H,11,12,13). The van der Waals surface area contributed by atoms with Crippen molar-refractivity contribution in [1.82, 2.24) is 20.1 Å². The number of likely N-dealkylation sites (tertiary alicyclic amines) is 1. The van der Waals surface area contributed by atoms with Crippen molar-refractivity contribution >= 4 is 11.9 Å². The number of carbonyl (C=O) groups is 2. The van der Waals surface area contributed by atoms with Gasteiger partial charge in [0.15, 0.2) is 0 Å². The Morgan fingerprint density at radius 1 is 1.41 bits per heavy atom. The summed E-state index contributed by atoms with van der Waals surface area (Å²) in [4.78, 5) is 28.3. The zero-order chi connectivity index (χ0) is 12.4. The predicted molar refractivity (Wildman–Crippen MR) is 57.4 cm³/mol. The Hall–Kier alpha value is -1.92. The molecule has 1 aliphatic heterocycles. The van der Waals surface area contributed by atoms with Crippen molar-refractivity contribution in [2.24, 2.45) is 5.92 Å². The summed E-state index contributed by atoms with van der Waals surface area (Å²) in [6.45, 7) is 2.62. The van der Waals surface area contributed by atoms with Gasteiger partial charge in [-0.25, -0.2) is 4.98 Å². The normalized spacial score (nSPS) is 17.1. The maximum absolute atomic E-state index is 11.9. The van der Waals surface area contributed by atoms with E-state index in [0.29, 0.717) is 31.8 Å². The zero-order valence-electron chi connectivity index (χ0n) is 9.51. The van der Waals surface area contributed by atoms with E-state index in [2.05, 4.69) is 15.2 Å². The van der Waals surface area contributed by atoms with Crippen LogP contribution in [-0.2, 0) is 4.79 Å². The molecule has 2 N–H and O–H groups in total. The molecule has 1 saturated heterocycles. The molecule has 7 nitrogen and oxygen atoms in total. The highest BCUT2D eigenvalue weighted by atomic mass is 16.4. The Morgan fingerprint density at radius 3 is 2.53 bits per heavy atom. The average molecular weight is 238 g/mol. The molecule has 0 bridgehead atoms. The van der Waals surface area contributed by atoms with E-state index in [4.69, 9.17) is 5.11 Å². The maximum atomic E-state index is 11.9. The maximum Gasteiger partial charge on any atom is 0.306 e. The molecule has 1 aromatic heterocycles. The number of piperidine rings is 1. The molecule has 2 heterocycles. The van der Waals surface area contributed by atoms with Crippen LogP contribution >= 0.6 is 0 Å².